The minimum absolute atomic E-state index is 0.0930. The molecule has 0 radical (unpaired) electrons. The van der Waals surface area contributed by atoms with E-state index in [-0.39, 0.29) is 23.7 Å². The van der Waals surface area contributed by atoms with E-state index in [0.29, 0.717) is 25.0 Å². The van der Waals surface area contributed by atoms with Crippen molar-refractivity contribution in [2.75, 3.05) is 7.11 Å². The van der Waals surface area contributed by atoms with Crippen LogP contribution in [0.25, 0.3) is 0 Å². The van der Waals surface area contributed by atoms with Crippen molar-refractivity contribution in [2.45, 2.75) is 45.1 Å². The minimum Gasteiger partial charge on any atom is -0.504 e. The zero-order chi connectivity index (χ0) is 18.4. The fourth-order valence-electron chi connectivity index (χ4n) is 3.86. The Bertz CT molecular complexity index is 679. The van der Waals surface area contributed by atoms with E-state index in [4.69, 9.17) is 9.47 Å². The third-order valence-electron chi connectivity index (χ3n) is 5.08. The largest absolute Gasteiger partial charge is 0.504 e. The van der Waals surface area contributed by atoms with Gasteiger partial charge in [0, 0.05) is 12.8 Å². The lowest BCUT2D eigenvalue weighted by Crippen LogP contribution is -2.42. The summed E-state index contributed by atoms with van der Waals surface area (Å²) in [6.07, 6.45) is 4.93. The van der Waals surface area contributed by atoms with Crippen molar-refractivity contribution < 1.29 is 19.4 Å². The number of carbonyl (C=O) groups is 1. The lowest BCUT2D eigenvalue weighted by atomic mass is 9.64. The van der Waals surface area contributed by atoms with E-state index < -0.39 is 5.41 Å². The number of ether oxygens (including phenoxy) is 2. The molecule has 1 aliphatic rings. The SMILES string of the molecule is C=CC1(C#N)CCCC(OC(C)=O)[C@H]1CCc1cccc(O)c1OC. The molecule has 1 aromatic carbocycles. The van der Waals surface area contributed by atoms with Crippen LogP contribution < -0.4 is 4.74 Å². The molecule has 2 rings (SSSR count). The van der Waals surface area contributed by atoms with E-state index in [1.807, 2.05) is 6.07 Å². The van der Waals surface area contributed by atoms with Crippen molar-refractivity contribution in [3.63, 3.8) is 0 Å². The molecule has 0 aromatic heterocycles. The molecule has 0 saturated heterocycles. The zero-order valence-corrected chi connectivity index (χ0v) is 14.8. The number of allylic oxidation sites excluding steroid dienone is 1. The molecule has 1 N–H and O–H groups in total. The van der Waals surface area contributed by atoms with E-state index in [2.05, 4.69) is 12.6 Å². The van der Waals surface area contributed by atoms with Crippen molar-refractivity contribution in [1.29, 1.82) is 5.26 Å². The first-order chi connectivity index (χ1) is 12.0. The topological polar surface area (TPSA) is 79.5 Å². The van der Waals surface area contributed by atoms with E-state index in [1.54, 1.807) is 18.2 Å². The van der Waals surface area contributed by atoms with Gasteiger partial charge >= 0.3 is 5.97 Å². The van der Waals surface area contributed by atoms with Gasteiger partial charge in [-0.3, -0.25) is 4.79 Å². The van der Waals surface area contributed by atoms with Gasteiger partial charge in [-0.2, -0.15) is 5.26 Å². The van der Waals surface area contributed by atoms with Crippen LogP contribution in [0.4, 0.5) is 0 Å². The first-order valence-electron chi connectivity index (χ1n) is 8.54. The molecule has 25 heavy (non-hydrogen) atoms. The summed E-state index contributed by atoms with van der Waals surface area (Å²) >= 11 is 0. The second-order valence-corrected chi connectivity index (χ2v) is 6.51. The Morgan fingerprint density at radius 2 is 2.32 bits per heavy atom. The maximum atomic E-state index is 11.5. The van der Waals surface area contributed by atoms with E-state index in [9.17, 15) is 15.2 Å². The van der Waals surface area contributed by atoms with Crippen LogP contribution in [0.2, 0.25) is 0 Å². The van der Waals surface area contributed by atoms with Gasteiger partial charge in [-0.15, -0.1) is 6.58 Å². The summed E-state index contributed by atoms with van der Waals surface area (Å²) in [5, 5.41) is 19.7. The maximum absolute atomic E-state index is 11.5. The Kier molecular flexibility index (Phi) is 6.08. The molecule has 5 nitrogen and oxygen atoms in total. The van der Waals surface area contributed by atoms with Gasteiger partial charge in [-0.1, -0.05) is 18.2 Å². The van der Waals surface area contributed by atoms with Crippen molar-refractivity contribution in [1.82, 2.24) is 0 Å². The highest BCUT2D eigenvalue weighted by atomic mass is 16.5. The van der Waals surface area contributed by atoms with Crippen molar-refractivity contribution in [3.05, 3.63) is 36.4 Å². The number of esters is 1. The maximum Gasteiger partial charge on any atom is 0.302 e. The predicted octanol–water partition coefficient (Wildman–Crippen LogP) is 3.76. The number of aryl methyl sites for hydroxylation is 1. The summed E-state index contributed by atoms with van der Waals surface area (Å²) in [4.78, 5) is 11.5. The van der Waals surface area contributed by atoms with Gasteiger partial charge in [0.2, 0.25) is 0 Å². The molecule has 5 heteroatoms. The van der Waals surface area contributed by atoms with Crippen molar-refractivity contribution >= 4 is 5.97 Å². The summed E-state index contributed by atoms with van der Waals surface area (Å²) in [5.41, 5.74) is 0.160. The van der Waals surface area contributed by atoms with Crippen LogP contribution in [0, 0.1) is 22.7 Å². The van der Waals surface area contributed by atoms with Gasteiger partial charge in [0.05, 0.1) is 18.6 Å². The fourth-order valence-corrected chi connectivity index (χ4v) is 3.86. The molecule has 3 atom stereocenters. The molecule has 1 fully saturated rings. The number of nitriles is 1. The number of nitrogens with zero attached hydrogens (tertiary/aromatic N) is 1. The summed E-state index contributed by atoms with van der Waals surface area (Å²) in [5.74, 6) is 0.0707. The Morgan fingerprint density at radius 1 is 1.56 bits per heavy atom. The molecular formula is C20H25NO4. The van der Waals surface area contributed by atoms with Crippen LogP contribution in [0.1, 0.15) is 38.2 Å². The number of rotatable bonds is 6. The monoisotopic (exact) mass is 343 g/mol. The summed E-state index contributed by atoms with van der Waals surface area (Å²) in [6, 6.07) is 7.64. The van der Waals surface area contributed by atoms with Crippen LogP contribution in [0.3, 0.4) is 0 Å². The molecular weight excluding hydrogens is 318 g/mol. The molecule has 1 saturated carbocycles. The molecule has 0 bridgehead atoms. The average Bonchev–Trinajstić information content (AvgIpc) is 2.60. The van der Waals surface area contributed by atoms with E-state index >= 15 is 0 Å². The quantitative estimate of drug-likeness (QED) is 0.628. The molecule has 0 spiro atoms. The Morgan fingerprint density at radius 3 is 2.92 bits per heavy atom. The van der Waals surface area contributed by atoms with Crippen LogP contribution in [-0.2, 0) is 16.0 Å². The number of hydrogen-bond acceptors (Lipinski definition) is 5. The van der Waals surface area contributed by atoms with Gasteiger partial charge in [-0.05, 0) is 43.7 Å². The van der Waals surface area contributed by atoms with Crippen LogP contribution in [-0.4, -0.2) is 24.3 Å². The lowest BCUT2D eigenvalue weighted by Gasteiger charge is -2.41. The van der Waals surface area contributed by atoms with Crippen LogP contribution in [0.5, 0.6) is 11.5 Å². The van der Waals surface area contributed by atoms with Crippen molar-refractivity contribution in [3.8, 4) is 17.6 Å². The smallest absolute Gasteiger partial charge is 0.302 e. The Hall–Kier alpha value is -2.48. The minimum atomic E-state index is -0.706. The molecule has 0 heterocycles. The molecule has 1 aliphatic carbocycles. The predicted molar refractivity (Wildman–Crippen MR) is 94.1 cm³/mol. The second-order valence-electron chi connectivity index (χ2n) is 6.51. The number of benzene rings is 1. The standard InChI is InChI=1S/C20H25NO4/c1-4-20(13-21)12-6-9-18(25-14(2)22)16(20)11-10-15-7-5-8-17(23)19(15)24-3/h4-5,7-8,16,18,23H,1,6,9-12H2,2-3H3/t16-,18?,20?/m1/s1. The Labute approximate surface area is 148 Å². The van der Waals surface area contributed by atoms with Gasteiger partial charge < -0.3 is 14.6 Å². The molecule has 134 valence electrons. The Balaban J connectivity index is 2.27. The van der Waals surface area contributed by atoms with Crippen LogP contribution >= 0.6 is 0 Å². The normalized spacial score (nSPS) is 25.6. The second kappa shape index (κ2) is 8.06. The first kappa shape index (κ1) is 18.9. The van der Waals surface area contributed by atoms with Crippen LogP contribution in [0.15, 0.2) is 30.9 Å². The number of methoxy groups -OCH3 is 1. The molecule has 0 aliphatic heterocycles. The number of hydrogen-bond donors (Lipinski definition) is 1. The highest BCUT2D eigenvalue weighted by Crippen LogP contribution is 2.46. The molecule has 0 amide bonds. The summed E-state index contributed by atoms with van der Waals surface area (Å²) < 4.78 is 10.8. The van der Waals surface area contributed by atoms with E-state index in [1.165, 1.54) is 14.0 Å². The van der Waals surface area contributed by atoms with E-state index in [0.717, 1.165) is 18.4 Å². The summed E-state index contributed by atoms with van der Waals surface area (Å²) in [7, 11) is 1.52. The number of carbonyl (C=O) groups excluding carboxylic acids is 1. The first-order valence-corrected chi connectivity index (χ1v) is 8.54. The van der Waals surface area contributed by atoms with Crippen molar-refractivity contribution in [2.24, 2.45) is 11.3 Å². The number of para-hydroxylation sites is 1. The van der Waals surface area contributed by atoms with Gasteiger partial charge in [0.15, 0.2) is 11.5 Å². The third-order valence-corrected chi connectivity index (χ3v) is 5.08. The fraction of sp³-hybridized carbons (Fsp3) is 0.500. The molecule has 1 aromatic rings. The number of phenolic OH excluding ortho intramolecular Hbond substituents is 1. The molecule has 2 unspecified atom stereocenters. The third kappa shape index (κ3) is 3.96. The van der Waals surface area contributed by atoms with Gasteiger partial charge in [0.25, 0.3) is 0 Å². The number of aromatic hydroxyl groups is 1. The lowest BCUT2D eigenvalue weighted by molar-refractivity contribution is -0.153. The van der Waals surface area contributed by atoms with Gasteiger partial charge in [0.1, 0.15) is 6.10 Å². The van der Waals surface area contributed by atoms with Gasteiger partial charge in [-0.25, -0.2) is 0 Å². The number of phenols is 1. The highest BCUT2D eigenvalue weighted by Gasteiger charge is 2.45. The highest BCUT2D eigenvalue weighted by molar-refractivity contribution is 5.66. The summed E-state index contributed by atoms with van der Waals surface area (Å²) in [6.45, 7) is 5.26. The average molecular weight is 343 g/mol. The zero-order valence-electron chi connectivity index (χ0n) is 14.8.